The van der Waals surface area contributed by atoms with Crippen molar-refractivity contribution >= 4 is 17.7 Å². The van der Waals surface area contributed by atoms with Crippen molar-refractivity contribution in [1.29, 1.82) is 0 Å². The zero-order valence-corrected chi connectivity index (χ0v) is 16.8. The topological polar surface area (TPSA) is 29.1 Å². The monoisotopic (exact) mass is 375 g/mol. The summed E-state index contributed by atoms with van der Waals surface area (Å²) in [6.07, 6.45) is 0. The van der Waals surface area contributed by atoms with Gasteiger partial charge in [-0.1, -0.05) is 60.7 Å². The van der Waals surface area contributed by atoms with E-state index in [-0.39, 0.29) is 11.9 Å². The highest BCUT2D eigenvalue weighted by Crippen LogP contribution is 2.27. The fourth-order valence-corrected chi connectivity index (χ4v) is 3.91. The van der Waals surface area contributed by atoms with Gasteiger partial charge in [-0.15, -0.1) is 11.8 Å². The molecule has 0 unspecified atom stereocenters. The Morgan fingerprint density at radius 2 is 1.63 bits per heavy atom. The first kappa shape index (κ1) is 19.2. The minimum atomic E-state index is -0.0380. The maximum absolute atomic E-state index is 12.9. The van der Waals surface area contributed by atoms with Crippen LogP contribution >= 0.6 is 11.8 Å². The van der Waals surface area contributed by atoms with Gasteiger partial charge in [0.25, 0.3) is 5.91 Å². The lowest BCUT2D eigenvalue weighted by atomic mass is 10.0. The Bertz CT molecular complexity index is 921. The standard InChI is InChI=1S/C24H25NOS/c1-17-13-14-21(15-18(17)2)19(3)25-24(26)22-11-7-8-12-23(22)27-16-20-9-5-4-6-10-20/h4-15,19H,16H2,1-3H3,(H,25,26)/t19-/m1/s1. The van der Waals surface area contributed by atoms with E-state index in [0.717, 1.165) is 21.8 Å². The molecular weight excluding hydrogens is 350 g/mol. The molecule has 0 heterocycles. The number of thioether (sulfide) groups is 1. The SMILES string of the molecule is Cc1ccc([C@@H](C)NC(=O)c2ccccc2SCc2ccccc2)cc1C. The maximum atomic E-state index is 12.9. The second-order valence-corrected chi connectivity index (χ2v) is 7.83. The number of rotatable bonds is 6. The summed E-state index contributed by atoms with van der Waals surface area (Å²) in [5, 5.41) is 3.15. The van der Waals surface area contributed by atoms with Crippen LogP contribution in [0.4, 0.5) is 0 Å². The molecule has 0 saturated heterocycles. The van der Waals surface area contributed by atoms with E-state index >= 15 is 0 Å². The lowest BCUT2D eigenvalue weighted by molar-refractivity contribution is 0.0937. The highest BCUT2D eigenvalue weighted by molar-refractivity contribution is 7.98. The molecule has 0 saturated carbocycles. The lowest BCUT2D eigenvalue weighted by Crippen LogP contribution is -2.27. The number of aryl methyl sites for hydroxylation is 2. The molecular formula is C24H25NOS. The molecule has 3 aromatic carbocycles. The molecule has 0 aliphatic rings. The Morgan fingerprint density at radius 3 is 2.37 bits per heavy atom. The molecule has 0 aromatic heterocycles. The van der Waals surface area contributed by atoms with Crippen molar-refractivity contribution in [2.45, 2.75) is 37.5 Å². The summed E-state index contributed by atoms with van der Waals surface area (Å²) >= 11 is 1.69. The van der Waals surface area contributed by atoms with Gasteiger partial charge in [0.05, 0.1) is 11.6 Å². The molecule has 138 valence electrons. The van der Waals surface area contributed by atoms with Gasteiger partial charge in [-0.3, -0.25) is 4.79 Å². The van der Waals surface area contributed by atoms with Crippen LogP contribution in [0.1, 0.15) is 45.6 Å². The summed E-state index contributed by atoms with van der Waals surface area (Å²) in [5.74, 6) is 0.814. The number of amides is 1. The van der Waals surface area contributed by atoms with Gasteiger partial charge in [-0.25, -0.2) is 0 Å². The number of carbonyl (C=O) groups excluding carboxylic acids is 1. The van der Waals surface area contributed by atoms with Gasteiger partial charge in [-0.2, -0.15) is 0 Å². The number of hydrogen-bond donors (Lipinski definition) is 1. The molecule has 1 N–H and O–H groups in total. The van der Waals surface area contributed by atoms with Crippen LogP contribution in [0.3, 0.4) is 0 Å². The fourth-order valence-electron chi connectivity index (χ4n) is 2.91. The predicted octanol–water partition coefficient (Wildman–Crippen LogP) is 6.09. The van der Waals surface area contributed by atoms with Crippen LogP contribution in [-0.4, -0.2) is 5.91 Å². The Morgan fingerprint density at radius 1 is 0.926 bits per heavy atom. The quantitative estimate of drug-likeness (QED) is 0.528. The Hall–Kier alpha value is -2.52. The van der Waals surface area contributed by atoms with Gasteiger partial charge in [0, 0.05) is 10.6 Å². The lowest BCUT2D eigenvalue weighted by Gasteiger charge is -2.17. The number of carbonyl (C=O) groups is 1. The third-order valence-electron chi connectivity index (χ3n) is 4.75. The molecule has 0 bridgehead atoms. The second-order valence-electron chi connectivity index (χ2n) is 6.81. The van der Waals surface area contributed by atoms with E-state index in [2.05, 4.69) is 49.5 Å². The van der Waals surface area contributed by atoms with Crippen LogP contribution in [0.5, 0.6) is 0 Å². The van der Waals surface area contributed by atoms with Gasteiger partial charge in [0.1, 0.15) is 0 Å². The summed E-state index contributed by atoms with van der Waals surface area (Å²) in [7, 11) is 0. The average Bonchev–Trinajstić information content (AvgIpc) is 2.69. The molecule has 0 aliphatic heterocycles. The molecule has 1 atom stereocenters. The third kappa shape index (κ3) is 5.01. The van der Waals surface area contributed by atoms with Crippen molar-refractivity contribution in [3.8, 4) is 0 Å². The van der Waals surface area contributed by atoms with Crippen LogP contribution in [0.15, 0.2) is 77.7 Å². The summed E-state index contributed by atoms with van der Waals surface area (Å²) in [6.45, 7) is 6.23. The van der Waals surface area contributed by atoms with Gasteiger partial charge in [0.2, 0.25) is 0 Å². The average molecular weight is 376 g/mol. The van der Waals surface area contributed by atoms with E-state index < -0.39 is 0 Å². The third-order valence-corrected chi connectivity index (χ3v) is 5.89. The molecule has 3 rings (SSSR count). The van der Waals surface area contributed by atoms with E-state index in [4.69, 9.17) is 0 Å². The normalized spacial score (nSPS) is 11.8. The highest BCUT2D eigenvalue weighted by Gasteiger charge is 2.15. The molecule has 27 heavy (non-hydrogen) atoms. The molecule has 1 amide bonds. The minimum absolute atomic E-state index is 0.0307. The maximum Gasteiger partial charge on any atom is 0.252 e. The minimum Gasteiger partial charge on any atom is -0.345 e. The molecule has 0 radical (unpaired) electrons. The van der Waals surface area contributed by atoms with E-state index in [9.17, 15) is 4.79 Å². The number of hydrogen-bond acceptors (Lipinski definition) is 2. The van der Waals surface area contributed by atoms with Crippen LogP contribution in [0, 0.1) is 13.8 Å². The van der Waals surface area contributed by atoms with Crippen molar-refractivity contribution < 1.29 is 4.79 Å². The van der Waals surface area contributed by atoms with Crippen molar-refractivity contribution in [3.63, 3.8) is 0 Å². The fraction of sp³-hybridized carbons (Fsp3) is 0.208. The van der Waals surface area contributed by atoms with Crippen molar-refractivity contribution in [3.05, 3.63) is 101 Å². The molecule has 3 aromatic rings. The van der Waals surface area contributed by atoms with Crippen molar-refractivity contribution in [2.75, 3.05) is 0 Å². The zero-order chi connectivity index (χ0) is 19.2. The molecule has 0 fully saturated rings. The first-order chi connectivity index (χ1) is 13.0. The Kier molecular flexibility index (Phi) is 6.36. The van der Waals surface area contributed by atoms with E-state index in [1.165, 1.54) is 16.7 Å². The largest absolute Gasteiger partial charge is 0.345 e. The smallest absolute Gasteiger partial charge is 0.252 e. The van der Waals surface area contributed by atoms with E-state index in [0.29, 0.717) is 0 Å². The van der Waals surface area contributed by atoms with Crippen molar-refractivity contribution in [2.24, 2.45) is 0 Å². The molecule has 0 spiro atoms. The predicted molar refractivity (Wildman–Crippen MR) is 114 cm³/mol. The summed E-state index contributed by atoms with van der Waals surface area (Å²) < 4.78 is 0. The molecule has 3 heteroatoms. The van der Waals surface area contributed by atoms with Gasteiger partial charge >= 0.3 is 0 Å². The summed E-state index contributed by atoms with van der Waals surface area (Å²) in [6, 6.07) is 24.4. The Labute approximate surface area is 166 Å². The highest BCUT2D eigenvalue weighted by atomic mass is 32.2. The first-order valence-electron chi connectivity index (χ1n) is 9.18. The number of benzene rings is 3. The number of nitrogens with one attached hydrogen (secondary N) is 1. The zero-order valence-electron chi connectivity index (χ0n) is 16.0. The summed E-state index contributed by atoms with van der Waals surface area (Å²) in [4.78, 5) is 13.9. The first-order valence-corrected chi connectivity index (χ1v) is 10.2. The molecule has 2 nitrogen and oxygen atoms in total. The van der Waals surface area contributed by atoms with Crippen LogP contribution < -0.4 is 5.32 Å². The van der Waals surface area contributed by atoms with Gasteiger partial charge < -0.3 is 5.32 Å². The Balaban J connectivity index is 1.71. The van der Waals surface area contributed by atoms with Gasteiger partial charge in [0.15, 0.2) is 0 Å². The van der Waals surface area contributed by atoms with Gasteiger partial charge in [-0.05, 0) is 55.2 Å². The second kappa shape index (κ2) is 8.92. The molecule has 0 aliphatic carbocycles. The van der Waals surface area contributed by atoms with E-state index in [1.54, 1.807) is 11.8 Å². The van der Waals surface area contributed by atoms with Crippen molar-refractivity contribution in [1.82, 2.24) is 5.32 Å². The van der Waals surface area contributed by atoms with Crippen LogP contribution in [0.25, 0.3) is 0 Å². The van der Waals surface area contributed by atoms with Crippen LogP contribution in [-0.2, 0) is 5.75 Å². The van der Waals surface area contributed by atoms with Crippen LogP contribution in [0.2, 0.25) is 0 Å². The summed E-state index contributed by atoms with van der Waals surface area (Å²) in [5.41, 5.74) is 5.61. The van der Waals surface area contributed by atoms with E-state index in [1.807, 2.05) is 49.4 Å².